The number of carbonyl (C=O) groups excluding carboxylic acids is 2. The molecular formula is C8H13N5O3. The van der Waals surface area contributed by atoms with Crippen LogP contribution in [0.3, 0.4) is 0 Å². The molecule has 0 radical (unpaired) electrons. The summed E-state index contributed by atoms with van der Waals surface area (Å²) >= 11 is 0. The molecule has 1 aromatic heterocycles. The number of nitrogens with zero attached hydrogens (tertiary/aromatic N) is 2. The average Bonchev–Trinajstić information content (AvgIpc) is 2.65. The van der Waals surface area contributed by atoms with Gasteiger partial charge >= 0.3 is 5.91 Å². The van der Waals surface area contributed by atoms with E-state index in [-0.39, 0.29) is 11.7 Å². The first kappa shape index (κ1) is 12.1. The topological polar surface area (TPSA) is 123 Å². The van der Waals surface area contributed by atoms with E-state index in [0.29, 0.717) is 5.82 Å². The Morgan fingerprint density at radius 1 is 1.56 bits per heavy atom. The number of H-pyrrole nitrogens is 1. The molecule has 0 aromatic carbocycles. The average molecular weight is 227 g/mol. The van der Waals surface area contributed by atoms with Crippen molar-refractivity contribution in [2.75, 3.05) is 6.61 Å². The first-order valence-electron chi connectivity index (χ1n) is 4.63. The van der Waals surface area contributed by atoms with Gasteiger partial charge in [0.1, 0.15) is 5.82 Å². The van der Waals surface area contributed by atoms with Crippen LogP contribution in [0, 0.1) is 0 Å². The molecule has 4 N–H and O–H groups in total. The highest BCUT2D eigenvalue weighted by Crippen LogP contribution is 2.07. The minimum atomic E-state index is -0.682. The highest BCUT2D eigenvalue weighted by Gasteiger charge is 2.14. The maximum Gasteiger partial charge on any atom is 0.314 e. The lowest BCUT2D eigenvalue weighted by Crippen LogP contribution is -2.30. The second-order valence-corrected chi connectivity index (χ2v) is 3.39. The van der Waals surface area contributed by atoms with Crippen LogP contribution in [0.1, 0.15) is 36.2 Å². The van der Waals surface area contributed by atoms with Gasteiger partial charge in [-0.2, -0.15) is 0 Å². The lowest BCUT2D eigenvalue weighted by molar-refractivity contribution is -0.124. The number of hydrogen-bond acceptors (Lipinski definition) is 5. The Hall–Kier alpha value is -1.96. The summed E-state index contributed by atoms with van der Waals surface area (Å²) in [5, 5.41) is 6.31. The molecule has 8 nitrogen and oxygen atoms in total. The summed E-state index contributed by atoms with van der Waals surface area (Å²) in [7, 11) is 0. The lowest BCUT2D eigenvalue weighted by atomic mass is 10.2. The highest BCUT2D eigenvalue weighted by atomic mass is 16.7. The van der Waals surface area contributed by atoms with Crippen molar-refractivity contribution >= 4 is 11.8 Å². The summed E-state index contributed by atoms with van der Waals surface area (Å²) in [6, 6.07) is 0. The zero-order valence-electron chi connectivity index (χ0n) is 8.98. The van der Waals surface area contributed by atoms with E-state index >= 15 is 0 Å². The maximum absolute atomic E-state index is 11.3. The van der Waals surface area contributed by atoms with Crippen molar-refractivity contribution < 1.29 is 14.4 Å². The number of hydrogen-bond donors (Lipinski definition) is 3. The molecule has 2 amide bonds. The molecule has 0 saturated heterocycles. The first-order chi connectivity index (χ1) is 7.50. The van der Waals surface area contributed by atoms with Gasteiger partial charge in [0.15, 0.2) is 6.61 Å². The van der Waals surface area contributed by atoms with Gasteiger partial charge in [0.05, 0.1) is 0 Å². The molecule has 0 unspecified atom stereocenters. The summed E-state index contributed by atoms with van der Waals surface area (Å²) in [5.74, 6) is -0.628. The van der Waals surface area contributed by atoms with Crippen molar-refractivity contribution in [3.63, 3.8) is 0 Å². The van der Waals surface area contributed by atoms with Crippen LogP contribution in [0.2, 0.25) is 0 Å². The molecule has 16 heavy (non-hydrogen) atoms. The van der Waals surface area contributed by atoms with Crippen LogP contribution in [-0.4, -0.2) is 33.6 Å². The largest absolute Gasteiger partial charge is 0.368 e. The summed E-state index contributed by atoms with van der Waals surface area (Å²) in [6.45, 7) is 3.42. The summed E-state index contributed by atoms with van der Waals surface area (Å²) < 4.78 is 0. The van der Waals surface area contributed by atoms with Gasteiger partial charge in [0, 0.05) is 5.92 Å². The fraction of sp³-hybridized carbons (Fsp3) is 0.500. The van der Waals surface area contributed by atoms with E-state index in [2.05, 4.69) is 20.0 Å². The molecule has 0 atom stereocenters. The van der Waals surface area contributed by atoms with Gasteiger partial charge < -0.3 is 5.73 Å². The first-order valence-corrected chi connectivity index (χ1v) is 4.63. The van der Waals surface area contributed by atoms with Crippen molar-refractivity contribution in [2.45, 2.75) is 19.8 Å². The zero-order chi connectivity index (χ0) is 12.1. The van der Waals surface area contributed by atoms with E-state index in [9.17, 15) is 9.59 Å². The van der Waals surface area contributed by atoms with Crippen LogP contribution in [0.5, 0.6) is 0 Å². The lowest BCUT2D eigenvalue weighted by Gasteiger charge is -2.00. The second-order valence-electron chi connectivity index (χ2n) is 3.39. The fourth-order valence-electron chi connectivity index (χ4n) is 0.852. The van der Waals surface area contributed by atoms with E-state index in [1.165, 1.54) is 0 Å². The molecule has 0 aliphatic carbocycles. The molecule has 1 rings (SSSR count). The Balaban J connectivity index is 2.49. The number of nitrogens with two attached hydrogens (primary N) is 1. The van der Waals surface area contributed by atoms with Crippen molar-refractivity contribution in [2.24, 2.45) is 5.73 Å². The van der Waals surface area contributed by atoms with Crippen LogP contribution in [0.25, 0.3) is 0 Å². The normalized spacial score (nSPS) is 10.4. The predicted octanol–water partition coefficient (Wildman–Crippen LogP) is -0.925. The van der Waals surface area contributed by atoms with Gasteiger partial charge in [-0.05, 0) is 0 Å². The molecule has 0 aliphatic rings. The van der Waals surface area contributed by atoms with Gasteiger partial charge in [-0.25, -0.2) is 10.5 Å². The Kier molecular flexibility index (Phi) is 3.95. The Morgan fingerprint density at radius 3 is 2.75 bits per heavy atom. The monoisotopic (exact) mass is 227 g/mol. The quantitative estimate of drug-likeness (QED) is 0.561. The van der Waals surface area contributed by atoms with Crippen molar-refractivity contribution in [3.8, 4) is 0 Å². The van der Waals surface area contributed by atoms with E-state index in [1.807, 2.05) is 19.3 Å². The molecule has 1 aromatic rings. The third kappa shape index (κ3) is 3.31. The molecule has 8 heteroatoms. The van der Waals surface area contributed by atoms with Gasteiger partial charge in [-0.3, -0.25) is 19.5 Å². The molecule has 1 heterocycles. The number of aromatic nitrogens is 3. The number of nitrogens with one attached hydrogen (secondary N) is 2. The van der Waals surface area contributed by atoms with Crippen LogP contribution in [0.4, 0.5) is 0 Å². The maximum atomic E-state index is 11.3. The van der Waals surface area contributed by atoms with Gasteiger partial charge in [-0.1, -0.05) is 13.8 Å². The predicted molar refractivity (Wildman–Crippen MR) is 53.1 cm³/mol. The zero-order valence-corrected chi connectivity index (χ0v) is 8.98. The van der Waals surface area contributed by atoms with Crippen molar-refractivity contribution in [1.82, 2.24) is 20.7 Å². The number of carbonyl (C=O) groups is 2. The molecule has 0 fully saturated rings. The summed E-state index contributed by atoms with van der Waals surface area (Å²) in [4.78, 5) is 30.1. The minimum Gasteiger partial charge on any atom is -0.368 e. The van der Waals surface area contributed by atoms with Crippen molar-refractivity contribution in [3.05, 3.63) is 11.6 Å². The van der Waals surface area contributed by atoms with Crippen LogP contribution >= 0.6 is 0 Å². The third-order valence-corrected chi connectivity index (χ3v) is 1.63. The number of amides is 2. The van der Waals surface area contributed by atoms with Gasteiger partial charge in [0.2, 0.25) is 11.7 Å². The molecule has 0 spiro atoms. The number of rotatable bonds is 5. The number of hydroxylamine groups is 1. The molecule has 0 aliphatic heterocycles. The van der Waals surface area contributed by atoms with E-state index in [1.54, 1.807) is 0 Å². The molecular weight excluding hydrogens is 214 g/mol. The molecule has 0 saturated carbocycles. The third-order valence-electron chi connectivity index (χ3n) is 1.63. The standard InChI is InChI=1S/C8H13N5O3/c1-4(2)6-10-7(12-11-6)8(15)13-16-3-5(9)14/h4H,3H2,1-2H3,(H2,9,14)(H,13,15)(H,10,11,12). The summed E-state index contributed by atoms with van der Waals surface area (Å²) in [5.41, 5.74) is 6.81. The number of primary amides is 1. The van der Waals surface area contributed by atoms with Crippen LogP contribution in [-0.2, 0) is 9.63 Å². The molecule has 0 bridgehead atoms. The molecule has 88 valence electrons. The van der Waals surface area contributed by atoms with Crippen molar-refractivity contribution in [1.29, 1.82) is 0 Å². The second kappa shape index (κ2) is 5.21. The van der Waals surface area contributed by atoms with Crippen LogP contribution < -0.4 is 11.2 Å². The fourth-order valence-corrected chi connectivity index (χ4v) is 0.852. The minimum absolute atomic E-state index is 0.0480. The number of aromatic amines is 1. The smallest absolute Gasteiger partial charge is 0.314 e. The van der Waals surface area contributed by atoms with Crippen LogP contribution in [0.15, 0.2) is 0 Å². The Morgan fingerprint density at radius 2 is 2.25 bits per heavy atom. The van der Waals surface area contributed by atoms with E-state index < -0.39 is 18.4 Å². The van der Waals surface area contributed by atoms with Gasteiger partial charge in [-0.15, -0.1) is 5.10 Å². The Bertz CT molecular complexity index is 387. The van der Waals surface area contributed by atoms with E-state index in [0.717, 1.165) is 0 Å². The van der Waals surface area contributed by atoms with E-state index in [4.69, 9.17) is 5.73 Å². The Labute approximate surface area is 91.5 Å². The van der Waals surface area contributed by atoms with Gasteiger partial charge in [0.25, 0.3) is 0 Å². The SMILES string of the molecule is CC(C)c1nc(C(=O)NOCC(N)=O)n[nH]1. The highest BCUT2D eigenvalue weighted by molar-refractivity contribution is 5.89. The summed E-state index contributed by atoms with van der Waals surface area (Å²) in [6.07, 6.45) is 0.